The molecule has 0 atom stereocenters. The Bertz CT molecular complexity index is 808. The number of benzene rings is 2. The number of fused-ring (bicyclic) bond motifs is 1. The van der Waals surface area contributed by atoms with Crippen LogP contribution >= 0.6 is 15.9 Å². The van der Waals surface area contributed by atoms with E-state index < -0.39 is 11.8 Å². The van der Waals surface area contributed by atoms with Crippen molar-refractivity contribution in [3.05, 3.63) is 52.3 Å². The SMILES string of the molecule is O=C(O)c1cccc2oc(-c3c(F)cccc3Br)nc12. The van der Waals surface area contributed by atoms with Crippen LogP contribution in [0.15, 0.2) is 45.3 Å². The number of oxazole rings is 1. The summed E-state index contributed by atoms with van der Waals surface area (Å²) in [6.07, 6.45) is 0. The van der Waals surface area contributed by atoms with Crippen molar-refractivity contribution in [2.24, 2.45) is 0 Å². The predicted molar refractivity (Wildman–Crippen MR) is 74.1 cm³/mol. The molecule has 6 heteroatoms. The summed E-state index contributed by atoms with van der Waals surface area (Å²) in [7, 11) is 0. The number of para-hydroxylation sites is 1. The molecule has 0 aliphatic carbocycles. The molecule has 4 nitrogen and oxygen atoms in total. The maximum atomic E-state index is 13.9. The number of carboxylic acid groups (broad SMARTS) is 1. The first-order chi connectivity index (χ1) is 9.58. The number of aromatic nitrogens is 1. The van der Waals surface area contributed by atoms with Gasteiger partial charge in [-0.15, -0.1) is 0 Å². The number of carboxylic acids is 1. The van der Waals surface area contributed by atoms with Gasteiger partial charge in [-0.1, -0.05) is 12.1 Å². The monoisotopic (exact) mass is 335 g/mol. The van der Waals surface area contributed by atoms with E-state index in [1.54, 1.807) is 24.3 Å². The number of rotatable bonds is 2. The van der Waals surface area contributed by atoms with Crippen molar-refractivity contribution in [1.29, 1.82) is 0 Å². The molecule has 0 saturated heterocycles. The molecule has 20 heavy (non-hydrogen) atoms. The first-order valence-corrected chi connectivity index (χ1v) is 6.44. The summed E-state index contributed by atoms with van der Waals surface area (Å²) >= 11 is 3.23. The lowest BCUT2D eigenvalue weighted by Gasteiger charge is -2.00. The molecule has 1 aromatic heterocycles. The maximum Gasteiger partial charge on any atom is 0.338 e. The second kappa shape index (κ2) is 4.72. The fourth-order valence-electron chi connectivity index (χ4n) is 1.93. The highest BCUT2D eigenvalue weighted by Crippen LogP contribution is 2.33. The third-order valence-electron chi connectivity index (χ3n) is 2.83. The Morgan fingerprint density at radius 3 is 2.70 bits per heavy atom. The molecule has 3 rings (SSSR count). The normalized spacial score (nSPS) is 10.9. The van der Waals surface area contributed by atoms with Crippen molar-refractivity contribution < 1.29 is 18.7 Å². The lowest BCUT2D eigenvalue weighted by atomic mass is 10.2. The van der Waals surface area contributed by atoms with Gasteiger partial charge < -0.3 is 9.52 Å². The molecule has 0 saturated carbocycles. The Kier molecular flexibility index (Phi) is 3.02. The molecule has 1 N–H and O–H groups in total. The van der Waals surface area contributed by atoms with Crippen LogP contribution in [0.5, 0.6) is 0 Å². The van der Waals surface area contributed by atoms with Crippen LogP contribution in [0.4, 0.5) is 4.39 Å². The van der Waals surface area contributed by atoms with Gasteiger partial charge in [0.05, 0.1) is 11.1 Å². The summed E-state index contributed by atoms with van der Waals surface area (Å²) in [5.41, 5.74) is 0.685. The number of aromatic carboxylic acids is 1. The Labute approximate surface area is 121 Å². The quantitative estimate of drug-likeness (QED) is 0.765. The number of halogens is 2. The average molecular weight is 336 g/mol. The topological polar surface area (TPSA) is 63.3 Å². The fraction of sp³-hybridized carbons (Fsp3) is 0. The molecule has 1 heterocycles. The van der Waals surface area contributed by atoms with Gasteiger partial charge in [0.25, 0.3) is 0 Å². The van der Waals surface area contributed by atoms with Crippen molar-refractivity contribution in [2.45, 2.75) is 0 Å². The van der Waals surface area contributed by atoms with Crippen LogP contribution < -0.4 is 0 Å². The van der Waals surface area contributed by atoms with Crippen molar-refractivity contribution in [3.63, 3.8) is 0 Å². The predicted octanol–water partition coefficient (Wildman–Crippen LogP) is 4.09. The summed E-state index contributed by atoms with van der Waals surface area (Å²) in [6.45, 7) is 0. The van der Waals surface area contributed by atoms with Gasteiger partial charge in [-0.3, -0.25) is 0 Å². The highest BCUT2D eigenvalue weighted by Gasteiger charge is 2.19. The van der Waals surface area contributed by atoms with E-state index >= 15 is 0 Å². The van der Waals surface area contributed by atoms with Gasteiger partial charge in [0.15, 0.2) is 5.58 Å². The molecule has 0 aliphatic heterocycles. The Morgan fingerprint density at radius 1 is 1.25 bits per heavy atom. The maximum absolute atomic E-state index is 13.9. The largest absolute Gasteiger partial charge is 0.478 e. The zero-order chi connectivity index (χ0) is 14.3. The van der Waals surface area contributed by atoms with Crippen LogP contribution in [0.3, 0.4) is 0 Å². The van der Waals surface area contributed by atoms with Crippen molar-refractivity contribution in [1.82, 2.24) is 4.98 Å². The van der Waals surface area contributed by atoms with Crippen LogP contribution in [-0.4, -0.2) is 16.1 Å². The smallest absolute Gasteiger partial charge is 0.338 e. The molecule has 0 radical (unpaired) electrons. The number of carbonyl (C=O) groups is 1. The minimum atomic E-state index is -1.11. The highest BCUT2D eigenvalue weighted by molar-refractivity contribution is 9.10. The standard InChI is InChI=1S/C14H7BrFNO3/c15-8-4-2-5-9(16)11(8)13-17-12-7(14(18)19)3-1-6-10(12)20-13/h1-6H,(H,18,19). The molecule has 3 aromatic rings. The molecule has 0 amide bonds. The molecular weight excluding hydrogens is 329 g/mol. The van der Waals surface area contributed by atoms with Gasteiger partial charge in [-0.05, 0) is 40.2 Å². The van der Waals surface area contributed by atoms with Gasteiger partial charge in [0.1, 0.15) is 11.3 Å². The molecule has 0 unspecified atom stereocenters. The fourth-order valence-corrected chi connectivity index (χ4v) is 2.44. The molecule has 0 bridgehead atoms. The Balaban J connectivity index is 2.29. The number of nitrogens with zero attached hydrogens (tertiary/aromatic N) is 1. The first kappa shape index (κ1) is 12.8. The van der Waals surface area contributed by atoms with Crippen LogP contribution in [0.25, 0.3) is 22.6 Å². The molecule has 0 aliphatic rings. The van der Waals surface area contributed by atoms with E-state index in [2.05, 4.69) is 20.9 Å². The van der Waals surface area contributed by atoms with E-state index in [0.717, 1.165) is 0 Å². The van der Waals surface area contributed by atoms with Gasteiger partial charge in [0, 0.05) is 4.47 Å². The van der Waals surface area contributed by atoms with Crippen LogP contribution in [0, 0.1) is 5.82 Å². The lowest BCUT2D eigenvalue weighted by molar-refractivity contribution is 0.0699. The zero-order valence-electron chi connectivity index (χ0n) is 9.93. The third-order valence-corrected chi connectivity index (χ3v) is 3.49. The van der Waals surface area contributed by atoms with E-state index in [1.165, 1.54) is 12.1 Å². The van der Waals surface area contributed by atoms with Crippen molar-refractivity contribution in [2.75, 3.05) is 0 Å². The van der Waals surface area contributed by atoms with Gasteiger partial charge >= 0.3 is 5.97 Å². The number of hydrogen-bond donors (Lipinski definition) is 1. The first-order valence-electron chi connectivity index (χ1n) is 5.65. The lowest BCUT2D eigenvalue weighted by Crippen LogP contribution is -1.96. The van der Waals surface area contributed by atoms with Gasteiger partial charge in [-0.25, -0.2) is 14.2 Å². The van der Waals surface area contributed by atoms with Crippen molar-refractivity contribution in [3.8, 4) is 11.5 Å². The minimum Gasteiger partial charge on any atom is -0.478 e. The Morgan fingerprint density at radius 2 is 2.00 bits per heavy atom. The Hall–Kier alpha value is -2.21. The van der Waals surface area contributed by atoms with Crippen molar-refractivity contribution >= 4 is 33.0 Å². The van der Waals surface area contributed by atoms with E-state index in [0.29, 0.717) is 10.1 Å². The van der Waals surface area contributed by atoms with E-state index in [1.807, 2.05) is 0 Å². The molecule has 2 aromatic carbocycles. The summed E-state index contributed by atoms with van der Waals surface area (Å²) in [5.74, 6) is -1.57. The minimum absolute atomic E-state index is 0.0185. The summed E-state index contributed by atoms with van der Waals surface area (Å²) < 4.78 is 19.8. The molecule has 0 fully saturated rings. The van der Waals surface area contributed by atoms with Gasteiger partial charge in [-0.2, -0.15) is 0 Å². The van der Waals surface area contributed by atoms with E-state index in [-0.39, 0.29) is 22.5 Å². The number of hydrogen-bond acceptors (Lipinski definition) is 3. The highest BCUT2D eigenvalue weighted by atomic mass is 79.9. The summed E-state index contributed by atoms with van der Waals surface area (Å²) in [4.78, 5) is 15.2. The second-order valence-electron chi connectivity index (χ2n) is 4.07. The zero-order valence-corrected chi connectivity index (χ0v) is 11.5. The molecule has 0 spiro atoms. The third kappa shape index (κ3) is 1.98. The summed E-state index contributed by atoms with van der Waals surface area (Å²) in [5, 5.41) is 9.11. The average Bonchev–Trinajstić information content (AvgIpc) is 2.81. The van der Waals surface area contributed by atoms with Crippen LogP contribution in [0.1, 0.15) is 10.4 Å². The van der Waals surface area contributed by atoms with Gasteiger partial charge in [0.2, 0.25) is 5.89 Å². The van der Waals surface area contributed by atoms with Crippen LogP contribution in [0.2, 0.25) is 0 Å². The second-order valence-corrected chi connectivity index (χ2v) is 4.93. The van der Waals surface area contributed by atoms with E-state index in [4.69, 9.17) is 9.52 Å². The summed E-state index contributed by atoms with van der Waals surface area (Å²) in [6, 6.07) is 9.06. The van der Waals surface area contributed by atoms with Crippen LogP contribution in [-0.2, 0) is 0 Å². The molecular formula is C14H7BrFNO3. The van der Waals surface area contributed by atoms with E-state index in [9.17, 15) is 9.18 Å². The molecule has 100 valence electrons.